The zero-order valence-corrected chi connectivity index (χ0v) is 43.2. The Morgan fingerprint density at radius 1 is 0.277 bits per heavy atom. The van der Waals surface area contributed by atoms with Crippen LogP contribution in [0.25, 0.3) is 42.2 Å². The molecule has 5 rings (SSSR count). The van der Waals surface area contributed by atoms with E-state index in [4.69, 9.17) is 39.9 Å². The third-order valence-electron chi connectivity index (χ3n) is 8.53. The van der Waals surface area contributed by atoms with Crippen molar-refractivity contribution in [2.24, 2.45) is 0 Å². The number of nitrogens with zero attached hydrogens (tertiary/aromatic N) is 8. The fraction of sp³-hybridized carbons (Fsp3) is 0.600. The van der Waals surface area contributed by atoms with Crippen LogP contribution >= 0.6 is 94.1 Å². The molecule has 65 heavy (non-hydrogen) atoms. The molecule has 2 aliphatic rings. The zero-order valence-electron chi connectivity index (χ0n) is 35.7. The van der Waals surface area contributed by atoms with Gasteiger partial charge in [0.2, 0.25) is 0 Å². The number of rotatable bonds is 32. The quantitative estimate of drug-likeness (QED) is 0.0228. The van der Waals surface area contributed by atoms with Crippen LogP contribution in [0.15, 0.2) is 19.6 Å². The summed E-state index contributed by atoms with van der Waals surface area (Å²) in [5, 5.41) is 78.4. The van der Waals surface area contributed by atoms with Gasteiger partial charge >= 0.3 is 17.1 Å². The van der Waals surface area contributed by atoms with Crippen molar-refractivity contribution in [1.82, 2.24) is 39.9 Å². The average molecular weight is 1100 g/mol. The monoisotopic (exact) mass is 1100 g/mol. The molecule has 8 bridgehead atoms. The van der Waals surface area contributed by atoms with Crippen LogP contribution in [0.3, 0.4) is 0 Å². The van der Waals surface area contributed by atoms with Crippen molar-refractivity contribution >= 4 is 136 Å². The third-order valence-corrected chi connectivity index (χ3v) is 18.4. The van der Waals surface area contributed by atoms with E-state index in [9.17, 15) is 40.9 Å². The number of aliphatic hydroxyl groups excluding tert-OH is 8. The molecule has 1 radical (unpaired) electrons. The van der Waals surface area contributed by atoms with E-state index in [-0.39, 0.29) is 69.9 Å². The Morgan fingerprint density at radius 2 is 0.477 bits per heavy atom. The van der Waals surface area contributed by atoms with Crippen LogP contribution < -0.4 is 9.97 Å². The summed E-state index contributed by atoms with van der Waals surface area (Å²) < 4.78 is 0. The summed E-state index contributed by atoms with van der Waals surface area (Å²) in [7, 11) is 0. The van der Waals surface area contributed by atoms with Crippen LogP contribution in [-0.4, -0.2) is 170 Å². The topological polar surface area (TPSA) is 267 Å². The first-order valence-corrected chi connectivity index (χ1v) is 28.9. The zero-order chi connectivity index (χ0) is 45.5. The Balaban J connectivity index is 0.00000925. The predicted octanol–water partition coefficient (Wildman–Crippen LogP) is 5.16. The van der Waals surface area contributed by atoms with E-state index in [0.717, 1.165) is 39.2 Å². The summed E-state index contributed by atoms with van der Waals surface area (Å²) in [6, 6.07) is 0. The molecule has 2 aliphatic heterocycles. The van der Waals surface area contributed by atoms with Crippen molar-refractivity contribution < 1.29 is 57.9 Å². The fourth-order valence-electron chi connectivity index (χ4n) is 5.58. The molecule has 0 fully saturated rings. The van der Waals surface area contributed by atoms with Crippen LogP contribution in [0, 0.1) is 0 Å². The minimum atomic E-state index is 0. The first kappa shape index (κ1) is 56.9. The molecule has 0 spiro atoms. The van der Waals surface area contributed by atoms with Gasteiger partial charge in [-0.05, 0) is 51.4 Å². The van der Waals surface area contributed by atoms with E-state index < -0.39 is 0 Å². The first-order valence-electron chi connectivity index (χ1n) is 21.0. The van der Waals surface area contributed by atoms with E-state index in [1.54, 1.807) is 0 Å². The van der Waals surface area contributed by atoms with Gasteiger partial charge in [0.25, 0.3) is 0 Å². The van der Waals surface area contributed by atoms with Gasteiger partial charge in [-0.15, -0.1) is 94.1 Å². The second-order valence-corrected chi connectivity index (χ2v) is 22.4. The molecule has 0 amide bonds. The minimum absolute atomic E-state index is 0. The molecule has 8 N–H and O–H groups in total. The number of aromatic nitrogens is 8. The summed E-state index contributed by atoms with van der Waals surface area (Å²) in [5.74, 6) is 6.05. The van der Waals surface area contributed by atoms with Gasteiger partial charge in [-0.2, -0.15) is 0 Å². The van der Waals surface area contributed by atoms with E-state index in [2.05, 4.69) is 0 Å². The number of hydrogen-bond donors (Lipinski definition) is 8. The molecule has 363 valence electrons. The van der Waals surface area contributed by atoms with Crippen molar-refractivity contribution in [3.63, 3.8) is 0 Å². The summed E-state index contributed by atoms with van der Waals surface area (Å²) in [6.07, 6.45) is 4.20. The standard InChI is InChI=1S/C40H56N8O8S8.Cu/c49-9-1-17-57-25-26(58-18-2-10-50)34-41-33(25)45-35-27(59-19-3-11-51)28(60-20-4-12-52)37(42-35)47-39-31(63-23-7-15-55)32(64-24-8-16-56)40(44-39)48-38-30(62-22-6-14-54)29(36(43-38)46-34)61-21-5-13-53;/h49-56H,1-24H2;/q-2;+2. The number of fused-ring (bicyclic) bond motifs is 8. The molecule has 0 aromatic carbocycles. The van der Waals surface area contributed by atoms with Gasteiger partial charge in [-0.25, -0.2) is 15.0 Å². The van der Waals surface area contributed by atoms with Gasteiger partial charge in [0, 0.05) is 141 Å². The average Bonchev–Trinajstić information content (AvgIpc) is 3.99. The minimum Gasteiger partial charge on any atom is -0.396 e. The van der Waals surface area contributed by atoms with Crippen molar-refractivity contribution in [2.75, 3.05) is 98.9 Å². The maximum absolute atomic E-state index is 9.80. The molecule has 5 heterocycles. The molecular weight excluding hydrogens is 1040 g/mol. The smallest absolute Gasteiger partial charge is 0.396 e. The summed E-state index contributed by atoms with van der Waals surface area (Å²) in [6.45, 7) is 0.0103. The number of thioether (sulfide) groups is 8. The Kier molecular flexibility index (Phi) is 28.2. The second kappa shape index (κ2) is 32.3. The molecule has 25 heteroatoms. The first-order chi connectivity index (χ1) is 31.5. The van der Waals surface area contributed by atoms with Gasteiger partial charge in [-0.1, -0.05) is 0 Å². The molecular formula is C40H56CuN8O8S8. The molecule has 0 aliphatic carbocycles. The summed E-state index contributed by atoms with van der Waals surface area (Å²) in [5.41, 5.74) is 1.50. The van der Waals surface area contributed by atoms with Crippen LogP contribution in [0.4, 0.5) is 0 Å². The molecule has 0 saturated carbocycles. The predicted molar refractivity (Wildman–Crippen MR) is 270 cm³/mol. The number of aliphatic hydroxyl groups is 8. The Labute approximate surface area is 423 Å². The molecule has 3 aromatic heterocycles. The van der Waals surface area contributed by atoms with E-state index in [1.807, 2.05) is 0 Å². The van der Waals surface area contributed by atoms with E-state index in [1.165, 1.54) is 94.1 Å². The van der Waals surface area contributed by atoms with Crippen LogP contribution in [0.1, 0.15) is 74.7 Å². The molecule has 0 atom stereocenters. The maximum Gasteiger partial charge on any atom is 2.00 e. The second-order valence-electron chi connectivity index (χ2n) is 13.5. The van der Waals surface area contributed by atoms with Crippen molar-refractivity contribution in [1.29, 1.82) is 0 Å². The van der Waals surface area contributed by atoms with E-state index in [0.29, 0.717) is 143 Å². The van der Waals surface area contributed by atoms with Crippen molar-refractivity contribution in [3.8, 4) is 0 Å². The molecule has 0 saturated heterocycles. The summed E-state index contributed by atoms with van der Waals surface area (Å²) >= 11 is 12.1. The number of hydrogen-bond acceptors (Lipinski definition) is 22. The molecule has 0 unspecified atom stereocenters. The van der Waals surface area contributed by atoms with Gasteiger partial charge in [-0.3, -0.25) is 0 Å². The normalized spacial score (nSPS) is 12.8. The Hall–Kier alpha value is -0.681. The van der Waals surface area contributed by atoms with E-state index >= 15 is 0 Å². The van der Waals surface area contributed by atoms with Crippen molar-refractivity contribution in [3.05, 3.63) is 23.3 Å². The third kappa shape index (κ3) is 16.7. The van der Waals surface area contributed by atoms with Gasteiger partial charge in [0.1, 0.15) is 11.6 Å². The fourth-order valence-corrected chi connectivity index (χ4v) is 14.4. The van der Waals surface area contributed by atoms with Crippen LogP contribution in [0.2, 0.25) is 0 Å². The molecule has 16 nitrogen and oxygen atoms in total. The van der Waals surface area contributed by atoms with Gasteiger partial charge < -0.3 is 65.8 Å². The largest absolute Gasteiger partial charge is 2.00 e. The maximum atomic E-state index is 9.80. The van der Waals surface area contributed by atoms with Crippen LogP contribution in [-0.2, 0) is 17.1 Å². The SMILES string of the molecule is OCCCSC1=C(SCCCO)c2nc1nc1nc(nc3[n-]c(nc4[n-]c(n2)c(SCCCO)c4SCCCO)c(SCCCO)c3SCCCO)C(SCCCO)=C1SCCCO.[Cu+2]. The van der Waals surface area contributed by atoms with Gasteiger partial charge in [0.15, 0.2) is 11.6 Å². The van der Waals surface area contributed by atoms with Crippen molar-refractivity contribution in [2.45, 2.75) is 70.9 Å². The van der Waals surface area contributed by atoms with Crippen LogP contribution in [0.5, 0.6) is 0 Å². The molecule has 3 aromatic rings. The Bertz CT molecular complexity index is 2030. The Morgan fingerprint density at radius 3 is 0.708 bits per heavy atom. The summed E-state index contributed by atoms with van der Waals surface area (Å²) in [4.78, 5) is 47.1. The van der Waals surface area contributed by atoms with Gasteiger partial charge in [0.05, 0.1) is 19.6 Å².